The lowest BCUT2D eigenvalue weighted by molar-refractivity contribution is -0.384. The van der Waals surface area contributed by atoms with Crippen molar-refractivity contribution in [1.29, 1.82) is 0 Å². The van der Waals surface area contributed by atoms with Gasteiger partial charge in [-0.3, -0.25) is 20.0 Å². The number of hydrogen-bond donors (Lipinski definition) is 0. The van der Waals surface area contributed by atoms with Crippen LogP contribution in [0.3, 0.4) is 0 Å². The first-order chi connectivity index (χ1) is 16.1. The lowest BCUT2D eigenvalue weighted by Crippen LogP contribution is -2.32. The van der Waals surface area contributed by atoms with Crippen LogP contribution in [0.5, 0.6) is 5.75 Å². The van der Waals surface area contributed by atoms with Crippen LogP contribution in [0.1, 0.15) is 19.3 Å². The van der Waals surface area contributed by atoms with Gasteiger partial charge in [0, 0.05) is 49.8 Å². The predicted molar refractivity (Wildman–Crippen MR) is 134 cm³/mol. The number of non-ortho nitro benzene ring substituents is 1. The highest BCUT2D eigenvalue weighted by molar-refractivity contribution is 5.94. The Kier molecular flexibility index (Phi) is 8.81. The summed E-state index contributed by atoms with van der Waals surface area (Å²) >= 11 is 0. The largest absolute Gasteiger partial charge is 0.494 e. The Morgan fingerprint density at radius 2 is 1.53 bits per heavy atom. The number of hydrogen-bond acceptors (Lipinski definition) is 5. The number of anilines is 1. The topological polar surface area (TPSA) is 88.8 Å². The number of urea groups is 1. The molecule has 0 saturated carbocycles. The average Bonchev–Trinajstić information content (AvgIpc) is 3.22. The van der Waals surface area contributed by atoms with Crippen molar-refractivity contribution in [2.75, 3.05) is 31.1 Å². The van der Waals surface area contributed by atoms with Gasteiger partial charge in [0.2, 0.25) is 0 Å². The van der Waals surface area contributed by atoms with Gasteiger partial charge in [-0.2, -0.15) is 0 Å². The summed E-state index contributed by atoms with van der Waals surface area (Å²) in [5.74, 6) is 0.795. The van der Waals surface area contributed by atoms with Gasteiger partial charge in [0.15, 0.2) is 0 Å². The monoisotopic (exact) mass is 482 g/mol. The normalized spacial score (nSPS) is 13.0. The highest BCUT2D eigenvalue weighted by atomic mass is 35.5. The van der Waals surface area contributed by atoms with E-state index in [4.69, 9.17) is 4.74 Å². The maximum Gasteiger partial charge on any atom is 0.324 e. The Morgan fingerprint density at radius 1 is 0.882 bits per heavy atom. The summed E-state index contributed by atoms with van der Waals surface area (Å²) in [6, 6.07) is 18.0. The molecule has 1 aliphatic heterocycles. The molecule has 0 spiro atoms. The lowest BCUT2D eigenvalue weighted by Gasteiger charge is -2.18. The van der Waals surface area contributed by atoms with Gasteiger partial charge in [0.25, 0.3) is 5.69 Å². The van der Waals surface area contributed by atoms with E-state index in [0.29, 0.717) is 13.2 Å². The number of nitro groups is 1. The molecule has 8 nitrogen and oxygen atoms in total. The van der Waals surface area contributed by atoms with Crippen LogP contribution in [0.15, 0.2) is 73.1 Å². The van der Waals surface area contributed by atoms with Gasteiger partial charge in [-0.25, -0.2) is 4.79 Å². The molecule has 2 heterocycles. The van der Waals surface area contributed by atoms with Gasteiger partial charge in [-0.05, 0) is 66.8 Å². The fourth-order valence-corrected chi connectivity index (χ4v) is 3.84. The molecular weight excluding hydrogens is 456 g/mol. The van der Waals surface area contributed by atoms with Gasteiger partial charge in [0.05, 0.1) is 11.5 Å². The smallest absolute Gasteiger partial charge is 0.324 e. The highest BCUT2D eigenvalue weighted by Crippen LogP contribution is 2.25. The first-order valence-electron chi connectivity index (χ1n) is 11.1. The maximum absolute atomic E-state index is 12.6. The van der Waals surface area contributed by atoms with Crippen molar-refractivity contribution < 1.29 is 14.5 Å². The van der Waals surface area contributed by atoms with E-state index in [0.717, 1.165) is 54.9 Å². The molecule has 3 aromatic rings. The van der Waals surface area contributed by atoms with Crippen molar-refractivity contribution in [3.63, 3.8) is 0 Å². The number of amides is 2. The maximum atomic E-state index is 12.6. The summed E-state index contributed by atoms with van der Waals surface area (Å²) in [6.07, 6.45) is 6.25. The van der Waals surface area contributed by atoms with Crippen molar-refractivity contribution >= 4 is 29.8 Å². The number of carbonyl (C=O) groups is 1. The minimum atomic E-state index is -0.402. The molecule has 178 valence electrons. The van der Waals surface area contributed by atoms with E-state index in [2.05, 4.69) is 4.98 Å². The van der Waals surface area contributed by atoms with E-state index in [1.807, 2.05) is 41.3 Å². The second kappa shape index (κ2) is 12.0. The van der Waals surface area contributed by atoms with Crippen LogP contribution >= 0.6 is 12.4 Å². The Morgan fingerprint density at radius 3 is 2.18 bits per heavy atom. The molecule has 1 fully saturated rings. The van der Waals surface area contributed by atoms with Crippen molar-refractivity contribution in [3.8, 4) is 16.9 Å². The quantitative estimate of drug-likeness (QED) is 0.214. The second-order valence-corrected chi connectivity index (χ2v) is 7.86. The minimum absolute atomic E-state index is 0. The third-order valence-corrected chi connectivity index (χ3v) is 5.68. The van der Waals surface area contributed by atoms with E-state index in [1.165, 1.54) is 12.1 Å². The highest BCUT2D eigenvalue weighted by Gasteiger charge is 2.28. The molecule has 1 aliphatic rings. The first-order valence-corrected chi connectivity index (χ1v) is 11.1. The number of pyridine rings is 1. The van der Waals surface area contributed by atoms with E-state index in [-0.39, 0.29) is 24.1 Å². The summed E-state index contributed by atoms with van der Waals surface area (Å²) < 4.78 is 5.83. The molecule has 0 N–H and O–H groups in total. The van der Waals surface area contributed by atoms with Crippen molar-refractivity contribution in [2.45, 2.75) is 19.3 Å². The molecule has 0 aliphatic carbocycles. The molecule has 2 amide bonds. The Balaban J connectivity index is 0.00000324. The summed E-state index contributed by atoms with van der Waals surface area (Å²) in [4.78, 5) is 30.6. The molecule has 1 saturated heterocycles. The van der Waals surface area contributed by atoms with Crippen molar-refractivity contribution in [2.24, 2.45) is 0 Å². The SMILES string of the molecule is Cl.O=C1N(CCCCCOc2ccc(-c3ccc([N+](=O)[O-])cc3)cc2)CCN1c1ccncc1. The molecule has 0 unspecified atom stereocenters. The summed E-state index contributed by atoms with van der Waals surface area (Å²) in [7, 11) is 0. The molecular formula is C25H27ClN4O4. The van der Waals surface area contributed by atoms with Gasteiger partial charge >= 0.3 is 6.03 Å². The predicted octanol–water partition coefficient (Wildman–Crippen LogP) is 5.57. The molecule has 0 bridgehead atoms. The van der Waals surface area contributed by atoms with Gasteiger partial charge < -0.3 is 9.64 Å². The van der Waals surface area contributed by atoms with Crippen LogP contribution < -0.4 is 9.64 Å². The van der Waals surface area contributed by atoms with Crippen LogP contribution in [0.2, 0.25) is 0 Å². The fourth-order valence-electron chi connectivity index (χ4n) is 3.84. The summed E-state index contributed by atoms with van der Waals surface area (Å²) in [5, 5.41) is 10.8. The third kappa shape index (κ3) is 6.23. The van der Waals surface area contributed by atoms with Crippen LogP contribution in [0.25, 0.3) is 11.1 Å². The number of rotatable bonds is 10. The number of halogens is 1. The molecule has 2 aromatic carbocycles. The number of unbranched alkanes of at least 4 members (excludes halogenated alkanes) is 2. The minimum Gasteiger partial charge on any atom is -0.494 e. The molecule has 0 radical (unpaired) electrons. The van der Waals surface area contributed by atoms with E-state index in [9.17, 15) is 14.9 Å². The molecule has 0 atom stereocenters. The van der Waals surface area contributed by atoms with E-state index in [1.54, 1.807) is 29.4 Å². The van der Waals surface area contributed by atoms with Gasteiger partial charge in [-0.15, -0.1) is 12.4 Å². The fraction of sp³-hybridized carbons (Fsp3) is 0.280. The number of ether oxygens (including phenoxy) is 1. The van der Waals surface area contributed by atoms with E-state index >= 15 is 0 Å². The zero-order valence-electron chi connectivity index (χ0n) is 18.7. The Bertz CT molecular complexity index is 1080. The molecule has 4 rings (SSSR count). The number of benzene rings is 2. The Hall–Kier alpha value is -3.65. The van der Waals surface area contributed by atoms with E-state index < -0.39 is 4.92 Å². The number of nitro benzene ring substituents is 1. The average molecular weight is 483 g/mol. The molecule has 1 aromatic heterocycles. The van der Waals surface area contributed by atoms with Gasteiger partial charge in [-0.1, -0.05) is 12.1 Å². The molecule has 9 heteroatoms. The van der Waals surface area contributed by atoms with Crippen molar-refractivity contribution in [1.82, 2.24) is 9.88 Å². The zero-order valence-corrected chi connectivity index (χ0v) is 19.5. The number of aromatic nitrogens is 1. The molecule has 34 heavy (non-hydrogen) atoms. The third-order valence-electron chi connectivity index (χ3n) is 5.68. The first kappa shape index (κ1) is 25.0. The van der Waals surface area contributed by atoms with Crippen LogP contribution in [-0.2, 0) is 0 Å². The van der Waals surface area contributed by atoms with Crippen LogP contribution in [0, 0.1) is 10.1 Å². The summed E-state index contributed by atoms with van der Waals surface area (Å²) in [6.45, 7) is 2.83. The number of nitrogens with zero attached hydrogens (tertiary/aromatic N) is 4. The van der Waals surface area contributed by atoms with Crippen LogP contribution in [-0.4, -0.2) is 47.1 Å². The lowest BCUT2D eigenvalue weighted by atomic mass is 10.1. The standard InChI is InChI=1S/C25H26N4O4.ClH/c30-25-27(17-18-28(25)22-12-14-26-15-13-22)16-2-1-3-19-33-24-10-6-21(7-11-24)20-4-8-23(9-5-20)29(31)32;/h4-15H,1-3,16-19H2;1H. The summed E-state index contributed by atoms with van der Waals surface area (Å²) in [5.41, 5.74) is 2.88. The van der Waals surface area contributed by atoms with Crippen molar-refractivity contribution in [3.05, 3.63) is 83.2 Å². The zero-order chi connectivity index (χ0) is 23.0. The number of carbonyl (C=O) groups excluding carboxylic acids is 1. The second-order valence-electron chi connectivity index (χ2n) is 7.86. The van der Waals surface area contributed by atoms with Crippen LogP contribution in [0.4, 0.5) is 16.2 Å². The van der Waals surface area contributed by atoms with Gasteiger partial charge in [0.1, 0.15) is 5.75 Å². The Labute approximate surface area is 204 Å².